The van der Waals surface area contributed by atoms with Crippen LogP contribution in [0.1, 0.15) is 40.6 Å². The molecule has 0 radical (unpaired) electrons. The Bertz CT molecular complexity index is 874. The van der Waals surface area contributed by atoms with Crippen molar-refractivity contribution >= 4 is 45.9 Å². The lowest BCUT2D eigenvalue weighted by Crippen LogP contribution is -2.58. The monoisotopic (exact) mass is 398 g/mol. The van der Waals surface area contributed by atoms with Gasteiger partial charge in [0, 0.05) is 12.3 Å². The fraction of sp³-hybridized carbons (Fsp3) is 0.300. The van der Waals surface area contributed by atoms with E-state index in [1.165, 1.54) is 16.9 Å². The molecule has 7 heteroatoms. The lowest BCUT2D eigenvalue weighted by atomic mass is 10.1. The van der Waals surface area contributed by atoms with Gasteiger partial charge in [-0.2, -0.15) is 5.10 Å². The summed E-state index contributed by atoms with van der Waals surface area (Å²) in [5, 5.41) is 7.44. The molecule has 2 aliphatic rings. The van der Waals surface area contributed by atoms with E-state index in [4.69, 9.17) is 0 Å². The molecule has 1 N–H and O–H groups in total. The van der Waals surface area contributed by atoms with Crippen LogP contribution in [-0.2, 0) is 5.75 Å². The maximum absolute atomic E-state index is 12.9. The van der Waals surface area contributed by atoms with Crippen molar-refractivity contribution in [1.29, 1.82) is 0 Å². The highest BCUT2D eigenvalue weighted by Gasteiger charge is 2.43. The number of nitrogens with zero attached hydrogens (tertiary/aromatic N) is 3. The van der Waals surface area contributed by atoms with Crippen LogP contribution < -0.4 is 10.3 Å². The van der Waals surface area contributed by atoms with Crippen LogP contribution in [0.4, 0.5) is 5.69 Å². The SMILES string of the molecule is C=Cc1ccc(CSC2=NNC3N(CCCC)C(=O)c4sccc4N23)cc1. The first-order valence-corrected chi connectivity index (χ1v) is 10.9. The fourth-order valence-corrected chi connectivity index (χ4v) is 5.00. The van der Waals surface area contributed by atoms with Crippen molar-refractivity contribution in [1.82, 2.24) is 10.3 Å². The smallest absolute Gasteiger partial charge is 0.269 e. The lowest BCUT2D eigenvalue weighted by Gasteiger charge is -2.39. The molecule has 4 rings (SSSR count). The van der Waals surface area contributed by atoms with Gasteiger partial charge in [-0.15, -0.1) is 11.3 Å². The number of anilines is 1. The quantitative estimate of drug-likeness (QED) is 0.776. The second-order valence-corrected chi connectivity index (χ2v) is 8.35. The molecule has 0 aliphatic carbocycles. The largest absolute Gasteiger partial charge is 0.298 e. The highest BCUT2D eigenvalue weighted by atomic mass is 32.2. The van der Waals surface area contributed by atoms with Gasteiger partial charge in [0.1, 0.15) is 4.88 Å². The third-order valence-electron chi connectivity index (χ3n) is 4.72. The van der Waals surface area contributed by atoms with E-state index in [-0.39, 0.29) is 12.2 Å². The third kappa shape index (κ3) is 3.37. The van der Waals surface area contributed by atoms with Crippen LogP contribution in [0, 0.1) is 0 Å². The molecule has 1 aromatic heterocycles. The topological polar surface area (TPSA) is 47.9 Å². The molecule has 0 bridgehead atoms. The molecule has 2 aromatic rings. The average molecular weight is 399 g/mol. The Morgan fingerprint density at radius 2 is 2.15 bits per heavy atom. The standard InChI is InChI=1S/C20H22N4OS2/c1-3-5-11-23-18(25)17-16(10-12-26-17)24-19(23)21-22-20(24)27-13-15-8-6-14(4-2)7-9-15/h4,6-10,12,19,21H,2-3,5,11,13H2,1H3. The van der Waals surface area contributed by atoms with Crippen LogP contribution >= 0.6 is 23.1 Å². The van der Waals surface area contributed by atoms with E-state index in [1.54, 1.807) is 11.8 Å². The van der Waals surface area contributed by atoms with Crippen LogP contribution in [0.2, 0.25) is 0 Å². The molecule has 1 unspecified atom stereocenters. The zero-order chi connectivity index (χ0) is 18.8. The summed E-state index contributed by atoms with van der Waals surface area (Å²) in [6.07, 6.45) is 3.66. The summed E-state index contributed by atoms with van der Waals surface area (Å²) in [6, 6.07) is 10.4. The number of rotatable bonds is 6. The van der Waals surface area contributed by atoms with Gasteiger partial charge in [0.05, 0.1) is 5.69 Å². The summed E-state index contributed by atoms with van der Waals surface area (Å²) in [5.74, 6) is 0.924. The first-order valence-electron chi connectivity index (χ1n) is 9.08. The summed E-state index contributed by atoms with van der Waals surface area (Å²) in [5.41, 5.74) is 6.48. The van der Waals surface area contributed by atoms with Gasteiger partial charge in [-0.25, -0.2) is 0 Å². The van der Waals surface area contributed by atoms with Gasteiger partial charge in [-0.05, 0) is 29.0 Å². The number of hydrazone groups is 1. The van der Waals surface area contributed by atoms with Gasteiger partial charge in [0.2, 0.25) is 6.29 Å². The Kier molecular flexibility index (Phi) is 5.22. The summed E-state index contributed by atoms with van der Waals surface area (Å²) in [7, 11) is 0. The van der Waals surface area contributed by atoms with Crippen LogP contribution in [0.25, 0.3) is 6.08 Å². The predicted molar refractivity (Wildman–Crippen MR) is 115 cm³/mol. The Morgan fingerprint density at radius 3 is 2.89 bits per heavy atom. The normalized spacial score (nSPS) is 18.0. The highest BCUT2D eigenvalue weighted by molar-refractivity contribution is 8.13. The molecular formula is C20H22N4OS2. The van der Waals surface area contributed by atoms with Crippen molar-refractivity contribution in [3.63, 3.8) is 0 Å². The number of nitrogens with one attached hydrogen (secondary N) is 1. The number of unbranched alkanes of at least 4 members (excludes halogenated alkanes) is 1. The maximum Gasteiger partial charge on any atom is 0.269 e. The molecule has 140 valence electrons. The second kappa shape index (κ2) is 7.78. The zero-order valence-electron chi connectivity index (χ0n) is 15.2. The zero-order valence-corrected chi connectivity index (χ0v) is 16.9. The van der Waals surface area contributed by atoms with Crippen molar-refractivity contribution in [2.24, 2.45) is 5.10 Å². The van der Waals surface area contributed by atoms with E-state index in [0.717, 1.165) is 46.4 Å². The summed E-state index contributed by atoms with van der Waals surface area (Å²) in [6.45, 7) is 6.67. The first-order chi connectivity index (χ1) is 13.2. The number of carbonyl (C=O) groups is 1. The molecule has 0 spiro atoms. The summed E-state index contributed by atoms with van der Waals surface area (Å²) >= 11 is 3.19. The summed E-state index contributed by atoms with van der Waals surface area (Å²) in [4.78, 5) is 17.7. The number of thioether (sulfide) groups is 1. The second-order valence-electron chi connectivity index (χ2n) is 6.49. The molecule has 0 saturated carbocycles. The molecule has 0 saturated heterocycles. The predicted octanol–water partition coefficient (Wildman–Crippen LogP) is 4.54. The number of benzene rings is 1. The van der Waals surface area contributed by atoms with E-state index in [0.29, 0.717) is 0 Å². The van der Waals surface area contributed by atoms with Crippen molar-refractivity contribution in [3.8, 4) is 0 Å². The van der Waals surface area contributed by atoms with Gasteiger partial charge in [-0.3, -0.25) is 20.0 Å². The minimum atomic E-state index is -0.225. The Balaban J connectivity index is 1.53. The van der Waals surface area contributed by atoms with Crippen LogP contribution in [0.3, 0.4) is 0 Å². The van der Waals surface area contributed by atoms with E-state index in [2.05, 4.69) is 53.2 Å². The van der Waals surface area contributed by atoms with Crippen LogP contribution in [-0.4, -0.2) is 28.8 Å². The number of fused-ring (bicyclic) bond motifs is 3. The minimum absolute atomic E-state index is 0.101. The van der Waals surface area contributed by atoms with Crippen LogP contribution in [0.5, 0.6) is 0 Å². The molecule has 5 nitrogen and oxygen atoms in total. The van der Waals surface area contributed by atoms with Crippen LogP contribution in [0.15, 0.2) is 47.4 Å². The Hall–Kier alpha value is -2.25. The molecule has 27 heavy (non-hydrogen) atoms. The number of hydrogen-bond donors (Lipinski definition) is 1. The maximum atomic E-state index is 12.9. The number of amidine groups is 1. The number of carbonyl (C=O) groups excluding carboxylic acids is 1. The molecule has 1 atom stereocenters. The summed E-state index contributed by atoms with van der Waals surface area (Å²) < 4.78 is 0. The molecule has 1 aromatic carbocycles. The van der Waals surface area contributed by atoms with Crippen molar-refractivity contribution in [2.45, 2.75) is 31.8 Å². The lowest BCUT2D eigenvalue weighted by molar-refractivity contribution is 0.0644. The van der Waals surface area contributed by atoms with E-state index >= 15 is 0 Å². The van der Waals surface area contributed by atoms with Crippen molar-refractivity contribution in [2.75, 3.05) is 11.4 Å². The van der Waals surface area contributed by atoms with Gasteiger partial charge in [0.25, 0.3) is 5.91 Å². The Morgan fingerprint density at radius 1 is 1.33 bits per heavy atom. The molecule has 0 fully saturated rings. The molecule has 3 heterocycles. The molecule has 2 aliphatic heterocycles. The van der Waals surface area contributed by atoms with E-state index in [9.17, 15) is 4.79 Å². The Labute approximate surface area is 167 Å². The number of thiophene rings is 1. The highest BCUT2D eigenvalue weighted by Crippen LogP contribution is 2.38. The fourth-order valence-electron chi connectivity index (χ4n) is 3.22. The minimum Gasteiger partial charge on any atom is -0.298 e. The van der Waals surface area contributed by atoms with Gasteiger partial charge in [-0.1, -0.05) is 62.0 Å². The van der Waals surface area contributed by atoms with E-state index < -0.39 is 0 Å². The number of amides is 1. The van der Waals surface area contributed by atoms with E-state index in [1.807, 2.05) is 22.4 Å². The van der Waals surface area contributed by atoms with Crippen molar-refractivity contribution < 1.29 is 4.79 Å². The average Bonchev–Trinajstić information content (AvgIpc) is 3.34. The third-order valence-corrected chi connectivity index (χ3v) is 6.63. The number of hydrogen-bond acceptors (Lipinski definition) is 6. The first kappa shape index (κ1) is 18.1. The van der Waals surface area contributed by atoms with Gasteiger partial charge < -0.3 is 0 Å². The molecule has 1 amide bonds. The van der Waals surface area contributed by atoms with Crippen molar-refractivity contribution in [3.05, 3.63) is 58.3 Å². The molecular weight excluding hydrogens is 376 g/mol. The van der Waals surface area contributed by atoms with Gasteiger partial charge >= 0.3 is 0 Å². The van der Waals surface area contributed by atoms with Gasteiger partial charge in [0.15, 0.2) is 5.17 Å².